The summed E-state index contributed by atoms with van der Waals surface area (Å²) >= 11 is 3.41. The van der Waals surface area contributed by atoms with E-state index in [-0.39, 0.29) is 5.82 Å². The highest BCUT2D eigenvalue weighted by Gasteiger charge is 2.07. The third-order valence-corrected chi connectivity index (χ3v) is 3.28. The summed E-state index contributed by atoms with van der Waals surface area (Å²) in [6.07, 6.45) is -0.706. The molecule has 0 saturated carbocycles. The molecule has 2 rings (SSSR count). The highest BCUT2D eigenvalue weighted by Crippen LogP contribution is 2.14. The zero-order valence-electron chi connectivity index (χ0n) is 10.3. The van der Waals surface area contributed by atoms with E-state index in [4.69, 9.17) is 0 Å². The van der Waals surface area contributed by atoms with E-state index in [0.29, 0.717) is 18.7 Å². The summed E-state index contributed by atoms with van der Waals surface area (Å²) in [6.45, 7) is 1.04. The van der Waals surface area contributed by atoms with Crippen molar-refractivity contribution >= 4 is 15.9 Å². The number of benzene rings is 2. The first-order valence-electron chi connectivity index (χ1n) is 6.04. The highest BCUT2D eigenvalue weighted by atomic mass is 79.9. The van der Waals surface area contributed by atoms with Crippen molar-refractivity contribution in [2.45, 2.75) is 12.6 Å². The van der Waals surface area contributed by atoms with Gasteiger partial charge in [-0.1, -0.05) is 40.2 Å². The van der Waals surface area contributed by atoms with Crippen LogP contribution in [0.3, 0.4) is 0 Å². The Kier molecular flexibility index (Phi) is 5.07. The van der Waals surface area contributed by atoms with Crippen molar-refractivity contribution in [1.29, 1.82) is 0 Å². The first kappa shape index (κ1) is 14.2. The average molecular weight is 324 g/mol. The van der Waals surface area contributed by atoms with Crippen molar-refractivity contribution in [3.05, 3.63) is 69.9 Å². The summed E-state index contributed by atoms with van der Waals surface area (Å²) in [5, 5.41) is 13.1. The smallest absolute Gasteiger partial charge is 0.123 e. The molecule has 0 aliphatic heterocycles. The molecule has 2 aromatic rings. The van der Waals surface area contributed by atoms with Gasteiger partial charge in [0.1, 0.15) is 5.82 Å². The van der Waals surface area contributed by atoms with Gasteiger partial charge in [0, 0.05) is 17.6 Å². The van der Waals surface area contributed by atoms with E-state index in [1.165, 1.54) is 12.1 Å². The summed E-state index contributed by atoms with van der Waals surface area (Å²) < 4.78 is 14.0. The minimum absolute atomic E-state index is 0.330. The van der Waals surface area contributed by atoms with Crippen LogP contribution in [0.2, 0.25) is 0 Å². The Balaban J connectivity index is 1.85. The van der Waals surface area contributed by atoms with E-state index in [9.17, 15) is 9.50 Å². The van der Waals surface area contributed by atoms with Crippen molar-refractivity contribution in [1.82, 2.24) is 5.32 Å². The summed E-state index contributed by atoms with van der Waals surface area (Å²) in [5.41, 5.74) is 1.71. The van der Waals surface area contributed by atoms with Gasteiger partial charge in [-0.05, 0) is 35.4 Å². The summed E-state index contributed by atoms with van der Waals surface area (Å²) in [6, 6.07) is 14.0. The van der Waals surface area contributed by atoms with Crippen LogP contribution in [0.1, 0.15) is 17.2 Å². The number of aliphatic hydroxyl groups excluding tert-OH is 1. The average Bonchev–Trinajstić information content (AvgIpc) is 2.38. The van der Waals surface area contributed by atoms with Gasteiger partial charge >= 0.3 is 0 Å². The lowest BCUT2D eigenvalue weighted by Gasteiger charge is -2.12. The fourth-order valence-corrected chi connectivity index (χ4v) is 2.28. The Labute approximate surface area is 120 Å². The molecule has 0 aliphatic carbocycles. The topological polar surface area (TPSA) is 32.3 Å². The second-order valence-corrected chi connectivity index (χ2v) is 5.25. The van der Waals surface area contributed by atoms with Crippen LogP contribution in [0.25, 0.3) is 0 Å². The quantitative estimate of drug-likeness (QED) is 0.883. The number of nitrogens with one attached hydrogen (secondary N) is 1. The molecule has 0 amide bonds. The first-order valence-corrected chi connectivity index (χ1v) is 6.83. The molecule has 2 aromatic carbocycles. The summed E-state index contributed by atoms with van der Waals surface area (Å²) in [7, 11) is 0. The summed E-state index contributed by atoms with van der Waals surface area (Å²) in [5.74, 6) is -0.330. The molecule has 1 atom stereocenters. The number of hydrogen-bond acceptors (Lipinski definition) is 2. The van der Waals surface area contributed by atoms with Crippen molar-refractivity contribution in [3.63, 3.8) is 0 Å². The Morgan fingerprint density at radius 1 is 1.16 bits per heavy atom. The Bertz CT molecular complexity index is 547. The monoisotopic (exact) mass is 323 g/mol. The maximum absolute atomic E-state index is 13.0. The highest BCUT2D eigenvalue weighted by molar-refractivity contribution is 9.10. The first-order chi connectivity index (χ1) is 9.15. The third kappa shape index (κ3) is 4.42. The SMILES string of the molecule is OC(CNCc1cccc(Br)c1)c1cccc(F)c1. The largest absolute Gasteiger partial charge is 0.387 e. The van der Waals surface area contributed by atoms with Crippen LogP contribution in [-0.2, 0) is 6.54 Å². The predicted molar refractivity (Wildman–Crippen MR) is 77.2 cm³/mol. The predicted octanol–water partition coefficient (Wildman–Crippen LogP) is 3.41. The van der Waals surface area contributed by atoms with Gasteiger partial charge in [0.15, 0.2) is 0 Å². The molecule has 0 fully saturated rings. The fraction of sp³-hybridized carbons (Fsp3) is 0.200. The van der Waals surface area contributed by atoms with Crippen LogP contribution < -0.4 is 5.32 Å². The second kappa shape index (κ2) is 6.80. The zero-order valence-corrected chi connectivity index (χ0v) is 11.9. The number of hydrogen-bond donors (Lipinski definition) is 2. The Hall–Kier alpha value is -1.23. The normalized spacial score (nSPS) is 12.4. The van der Waals surface area contributed by atoms with E-state index >= 15 is 0 Å². The number of halogens is 2. The van der Waals surface area contributed by atoms with Gasteiger partial charge in [-0.2, -0.15) is 0 Å². The molecule has 1 unspecified atom stereocenters. The third-order valence-electron chi connectivity index (χ3n) is 2.79. The van der Waals surface area contributed by atoms with Gasteiger partial charge in [-0.25, -0.2) is 4.39 Å². The molecule has 0 radical (unpaired) electrons. The number of aliphatic hydroxyl groups is 1. The van der Waals surface area contributed by atoms with Crippen molar-refractivity contribution < 1.29 is 9.50 Å². The van der Waals surface area contributed by atoms with Crippen molar-refractivity contribution in [3.8, 4) is 0 Å². The lowest BCUT2D eigenvalue weighted by atomic mass is 10.1. The van der Waals surface area contributed by atoms with Crippen LogP contribution in [0.4, 0.5) is 4.39 Å². The Morgan fingerprint density at radius 3 is 2.68 bits per heavy atom. The van der Waals surface area contributed by atoms with Crippen LogP contribution in [-0.4, -0.2) is 11.7 Å². The molecule has 0 spiro atoms. The van der Waals surface area contributed by atoms with Gasteiger partial charge in [-0.15, -0.1) is 0 Å². The van der Waals surface area contributed by atoms with E-state index in [0.717, 1.165) is 10.0 Å². The molecule has 4 heteroatoms. The standard InChI is InChI=1S/C15H15BrFNO/c16-13-5-1-3-11(7-13)9-18-10-15(19)12-4-2-6-14(17)8-12/h1-8,15,18-19H,9-10H2. The summed E-state index contributed by atoms with van der Waals surface area (Å²) in [4.78, 5) is 0. The lowest BCUT2D eigenvalue weighted by molar-refractivity contribution is 0.174. The molecule has 2 nitrogen and oxygen atoms in total. The van der Waals surface area contributed by atoms with E-state index in [1.54, 1.807) is 12.1 Å². The van der Waals surface area contributed by atoms with Crippen LogP contribution in [0.5, 0.6) is 0 Å². The van der Waals surface area contributed by atoms with Crippen molar-refractivity contribution in [2.75, 3.05) is 6.54 Å². The Morgan fingerprint density at radius 2 is 1.95 bits per heavy atom. The molecule has 0 aliphatic rings. The van der Waals surface area contributed by atoms with Gasteiger partial charge in [0.05, 0.1) is 6.10 Å². The molecule has 0 saturated heterocycles. The molecular formula is C15H15BrFNO. The minimum Gasteiger partial charge on any atom is -0.387 e. The minimum atomic E-state index is -0.706. The molecule has 2 N–H and O–H groups in total. The van der Waals surface area contributed by atoms with Gasteiger partial charge in [-0.3, -0.25) is 0 Å². The second-order valence-electron chi connectivity index (χ2n) is 4.33. The van der Waals surface area contributed by atoms with Crippen molar-refractivity contribution in [2.24, 2.45) is 0 Å². The fourth-order valence-electron chi connectivity index (χ4n) is 1.83. The van der Waals surface area contributed by atoms with Gasteiger partial charge in [0.25, 0.3) is 0 Å². The molecule has 100 valence electrons. The molecule has 0 heterocycles. The molecule has 0 bridgehead atoms. The molecule has 19 heavy (non-hydrogen) atoms. The lowest BCUT2D eigenvalue weighted by Crippen LogP contribution is -2.21. The van der Waals surface area contributed by atoms with Crippen LogP contribution in [0.15, 0.2) is 53.0 Å². The van der Waals surface area contributed by atoms with E-state index in [2.05, 4.69) is 21.2 Å². The number of rotatable bonds is 5. The molecule has 0 aromatic heterocycles. The maximum atomic E-state index is 13.0. The van der Waals surface area contributed by atoms with Crippen LogP contribution >= 0.6 is 15.9 Å². The van der Waals surface area contributed by atoms with E-state index < -0.39 is 6.10 Å². The molecular weight excluding hydrogens is 309 g/mol. The van der Waals surface area contributed by atoms with Crippen LogP contribution in [0, 0.1) is 5.82 Å². The zero-order chi connectivity index (χ0) is 13.7. The maximum Gasteiger partial charge on any atom is 0.123 e. The van der Waals surface area contributed by atoms with E-state index in [1.807, 2.05) is 24.3 Å². The van der Waals surface area contributed by atoms with Gasteiger partial charge < -0.3 is 10.4 Å². The van der Waals surface area contributed by atoms with Gasteiger partial charge in [0.2, 0.25) is 0 Å².